The Bertz CT molecular complexity index is 949. The summed E-state index contributed by atoms with van der Waals surface area (Å²) < 4.78 is 27.9. The van der Waals surface area contributed by atoms with Crippen LogP contribution in [0.3, 0.4) is 0 Å². The summed E-state index contributed by atoms with van der Waals surface area (Å²) in [5, 5.41) is 2.32. The van der Waals surface area contributed by atoms with Crippen LogP contribution in [0.25, 0.3) is 10.8 Å². The quantitative estimate of drug-likeness (QED) is 0.755. The summed E-state index contributed by atoms with van der Waals surface area (Å²) >= 11 is 6.01. The van der Waals surface area contributed by atoms with Gasteiger partial charge in [0, 0.05) is 6.04 Å². The standard InChI is InChI=1S/C18H16ClNO2S/c1-13(15-10-6-8-14-7-2-3-9-16(14)15)20-23(21,22)18-12-5-4-11-17(18)19/h2-13,20H,1H3/t13-/m1/s1. The third-order valence-electron chi connectivity index (χ3n) is 3.75. The Morgan fingerprint density at radius 1 is 0.913 bits per heavy atom. The van der Waals surface area contributed by atoms with Crippen molar-refractivity contribution in [1.82, 2.24) is 4.72 Å². The van der Waals surface area contributed by atoms with Gasteiger partial charge in [-0.05, 0) is 35.4 Å². The van der Waals surface area contributed by atoms with E-state index in [0.717, 1.165) is 16.3 Å². The molecule has 0 aliphatic rings. The van der Waals surface area contributed by atoms with Gasteiger partial charge >= 0.3 is 0 Å². The Hall–Kier alpha value is -1.88. The first-order valence-corrected chi connectivity index (χ1v) is 9.10. The molecule has 23 heavy (non-hydrogen) atoms. The molecular formula is C18H16ClNO2S. The smallest absolute Gasteiger partial charge is 0.207 e. The van der Waals surface area contributed by atoms with Gasteiger partial charge in [-0.1, -0.05) is 66.2 Å². The summed E-state index contributed by atoms with van der Waals surface area (Å²) in [4.78, 5) is 0.0914. The summed E-state index contributed by atoms with van der Waals surface area (Å²) in [6.07, 6.45) is 0. The molecule has 1 N–H and O–H groups in total. The Morgan fingerprint density at radius 2 is 1.57 bits per heavy atom. The van der Waals surface area contributed by atoms with Crippen LogP contribution in [0.1, 0.15) is 18.5 Å². The molecule has 5 heteroatoms. The van der Waals surface area contributed by atoms with Crippen molar-refractivity contribution in [3.63, 3.8) is 0 Å². The highest BCUT2D eigenvalue weighted by molar-refractivity contribution is 7.89. The third kappa shape index (κ3) is 3.24. The molecule has 0 aromatic heterocycles. The number of benzene rings is 3. The number of halogens is 1. The molecule has 0 saturated carbocycles. The van der Waals surface area contributed by atoms with Gasteiger partial charge in [0.15, 0.2) is 0 Å². The van der Waals surface area contributed by atoms with Crippen LogP contribution >= 0.6 is 11.6 Å². The van der Waals surface area contributed by atoms with E-state index in [1.165, 1.54) is 6.07 Å². The number of sulfonamides is 1. The van der Waals surface area contributed by atoms with E-state index >= 15 is 0 Å². The van der Waals surface area contributed by atoms with Gasteiger partial charge in [-0.25, -0.2) is 13.1 Å². The van der Waals surface area contributed by atoms with E-state index in [4.69, 9.17) is 11.6 Å². The molecule has 3 aromatic carbocycles. The molecular weight excluding hydrogens is 330 g/mol. The minimum atomic E-state index is -3.69. The highest BCUT2D eigenvalue weighted by Crippen LogP contribution is 2.27. The van der Waals surface area contributed by atoms with Crippen LogP contribution in [0.2, 0.25) is 5.02 Å². The first kappa shape index (κ1) is 16.0. The van der Waals surface area contributed by atoms with Crippen LogP contribution in [-0.4, -0.2) is 8.42 Å². The lowest BCUT2D eigenvalue weighted by atomic mass is 10.0. The van der Waals surface area contributed by atoms with Crippen LogP contribution in [0, 0.1) is 0 Å². The lowest BCUT2D eigenvalue weighted by molar-refractivity contribution is 0.567. The fourth-order valence-corrected chi connectivity index (χ4v) is 4.39. The number of hydrogen-bond donors (Lipinski definition) is 1. The van der Waals surface area contributed by atoms with Crippen molar-refractivity contribution in [1.29, 1.82) is 0 Å². The zero-order chi connectivity index (χ0) is 16.4. The summed E-state index contributed by atoms with van der Waals surface area (Å²) in [7, 11) is -3.69. The van der Waals surface area contributed by atoms with Crippen LogP contribution in [0.4, 0.5) is 0 Å². The van der Waals surface area contributed by atoms with E-state index in [0.29, 0.717) is 0 Å². The Labute approximate surface area is 141 Å². The van der Waals surface area contributed by atoms with Crippen molar-refractivity contribution < 1.29 is 8.42 Å². The summed E-state index contributed by atoms with van der Waals surface area (Å²) in [6, 6.07) is 19.8. The number of fused-ring (bicyclic) bond motifs is 1. The number of hydrogen-bond acceptors (Lipinski definition) is 2. The van der Waals surface area contributed by atoms with Crippen LogP contribution < -0.4 is 4.72 Å². The summed E-state index contributed by atoms with van der Waals surface area (Å²) in [5.41, 5.74) is 0.929. The predicted molar refractivity (Wildman–Crippen MR) is 94.1 cm³/mol. The minimum absolute atomic E-state index is 0.0914. The molecule has 0 unspecified atom stereocenters. The monoisotopic (exact) mass is 345 g/mol. The molecule has 0 amide bonds. The van der Waals surface area contributed by atoms with E-state index < -0.39 is 10.0 Å². The molecule has 118 valence electrons. The second-order valence-corrected chi connectivity index (χ2v) is 7.43. The largest absolute Gasteiger partial charge is 0.242 e. The summed E-state index contributed by atoms with van der Waals surface area (Å²) in [5.74, 6) is 0. The number of rotatable bonds is 4. The predicted octanol–water partition coefficient (Wildman–Crippen LogP) is 4.53. The Balaban J connectivity index is 1.98. The average molecular weight is 346 g/mol. The van der Waals surface area contributed by atoms with Crippen molar-refractivity contribution in [3.05, 3.63) is 77.3 Å². The highest BCUT2D eigenvalue weighted by Gasteiger charge is 2.21. The molecule has 3 nitrogen and oxygen atoms in total. The van der Waals surface area contributed by atoms with Crippen molar-refractivity contribution in [3.8, 4) is 0 Å². The van der Waals surface area contributed by atoms with Gasteiger partial charge < -0.3 is 0 Å². The normalized spacial score (nSPS) is 13.1. The molecule has 1 atom stereocenters. The van der Waals surface area contributed by atoms with E-state index in [1.54, 1.807) is 18.2 Å². The minimum Gasteiger partial charge on any atom is -0.207 e. The molecule has 0 saturated heterocycles. The lowest BCUT2D eigenvalue weighted by Gasteiger charge is -2.17. The van der Waals surface area contributed by atoms with Gasteiger partial charge in [-0.3, -0.25) is 0 Å². The van der Waals surface area contributed by atoms with Gasteiger partial charge in [0.1, 0.15) is 4.90 Å². The molecule has 0 aliphatic heterocycles. The van der Waals surface area contributed by atoms with E-state index in [1.807, 2.05) is 49.4 Å². The molecule has 3 aromatic rings. The van der Waals surface area contributed by atoms with Gasteiger partial charge in [0.05, 0.1) is 5.02 Å². The highest BCUT2D eigenvalue weighted by atomic mass is 35.5. The maximum Gasteiger partial charge on any atom is 0.242 e. The summed E-state index contributed by atoms with van der Waals surface area (Å²) in [6.45, 7) is 1.83. The average Bonchev–Trinajstić information content (AvgIpc) is 2.54. The Kier molecular flexibility index (Phi) is 4.39. The molecule has 3 rings (SSSR count). The van der Waals surface area contributed by atoms with Crippen molar-refractivity contribution in [2.45, 2.75) is 17.9 Å². The first-order valence-electron chi connectivity index (χ1n) is 7.23. The number of nitrogens with one attached hydrogen (secondary N) is 1. The van der Waals surface area contributed by atoms with Gasteiger partial charge in [0.25, 0.3) is 0 Å². The van der Waals surface area contributed by atoms with E-state index in [2.05, 4.69) is 4.72 Å². The van der Waals surface area contributed by atoms with Crippen LogP contribution in [0.5, 0.6) is 0 Å². The van der Waals surface area contributed by atoms with Gasteiger partial charge in [-0.2, -0.15) is 0 Å². The fraction of sp³-hybridized carbons (Fsp3) is 0.111. The zero-order valence-corrected chi connectivity index (χ0v) is 14.1. The van der Waals surface area contributed by atoms with Crippen LogP contribution in [0.15, 0.2) is 71.6 Å². The van der Waals surface area contributed by atoms with Crippen LogP contribution in [-0.2, 0) is 10.0 Å². The maximum absolute atomic E-state index is 12.6. The third-order valence-corrected chi connectivity index (χ3v) is 5.79. The molecule has 0 radical (unpaired) electrons. The Morgan fingerprint density at radius 3 is 2.35 bits per heavy atom. The molecule has 0 spiro atoms. The van der Waals surface area contributed by atoms with Crippen molar-refractivity contribution >= 4 is 32.4 Å². The first-order chi connectivity index (χ1) is 11.0. The molecule has 0 aliphatic carbocycles. The van der Waals surface area contributed by atoms with E-state index in [9.17, 15) is 8.42 Å². The van der Waals surface area contributed by atoms with Crippen molar-refractivity contribution in [2.75, 3.05) is 0 Å². The van der Waals surface area contributed by atoms with E-state index in [-0.39, 0.29) is 16.0 Å². The van der Waals surface area contributed by atoms with Gasteiger partial charge in [0.2, 0.25) is 10.0 Å². The fourth-order valence-electron chi connectivity index (χ4n) is 2.65. The lowest BCUT2D eigenvalue weighted by Crippen LogP contribution is -2.27. The molecule has 0 heterocycles. The molecule has 0 fully saturated rings. The molecule has 0 bridgehead atoms. The second-order valence-electron chi connectivity index (χ2n) is 5.34. The topological polar surface area (TPSA) is 46.2 Å². The van der Waals surface area contributed by atoms with Crippen molar-refractivity contribution in [2.24, 2.45) is 0 Å². The second kappa shape index (κ2) is 6.32. The maximum atomic E-state index is 12.6. The van der Waals surface area contributed by atoms with Gasteiger partial charge in [-0.15, -0.1) is 0 Å². The zero-order valence-electron chi connectivity index (χ0n) is 12.5. The SMILES string of the molecule is C[C@@H](NS(=O)(=O)c1ccccc1Cl)c1cccc2ccccc12.